The van der Waals surface area contributed by atoms with E-state index >= 15 is 0 Å². The van der Waals surface area contributed by atoms with Gasteiger partial charge in [-0.3, -0.25) is 4.90 Å². The summed E-state index contributed by atoms with van der Waals surface area (Å²) in [5.41, 5.74) is 1.00. The van der Waals surface area contributed by atoms with Crippen molar-refractivity contribution in [3.63, 3.8) is 0 Å². The van der Waals surface area contributed by atoms with Crippen LogP contribution in [0.2, 0.25) is 0 Å². The summed E-state index contributed by atoms with van der Waals surface area (Å²) in [6.07, 6.45) is 9.33. The van der Waals surface area contributed by atoms with Crippen molar-refractivity contribution in [1.29, 1.82) is 0 Å². The normalized spacial score (nSPS) is 24.1. The Labute approximate surface area is 135 Å². The van der Waals surface area contributed by atoms with Crippen molar-refractivity contribution < 1.29 is 0 Å². The summed E-state index contributed by atoms with van der Waals surface area (Å²) in [5.74, 6) is 1.20. The largest absolute Gasteiger partial charge is 0.337 e. The van der Waals surface area contributed by atoms with E-state index in [1.807, 2.05) is 6.20 Å². The molecule has 124 valence electrons. The Bertz CT molecular complexity index is 493. The van der Waals surface area contributed by atoms with Crippen LogP contribution >= 0.6 is 0 Å². The van der Waals surface area contributed by atoms with E-state index in [0.29, 0.717) is 10.8 Å². The fourth-order valence-electron chi connectivity index (χ4n) is 3.86. The second-order valence-corrected chi connectivity index (χ2v) is 8.57. The highest BCUT2D eigenvalue weighted by Gasteiger charge is 2.56. The summed E-state index contributed by atoms with van der Waals surface area (Å²) < 4.78 is 2.17. The van der Waals surface area contributed by atoms with Crippen LogP contribution in [-0.2, 0) is 13.6 Å². The van der Waals surface area contributed by atoms with E-state index in [-0.39, 0.29) is 0 Å². The van der Waals surface area contributed by atoms with Gasteiger partial charge in [-0.05, 0) is 56.1 Å². The van der Waals surface area contributed by atoms with Gasteiger partial charge in [0.25, 0.3) is 0 Å². The Kier molecular flexibility index (Phi) is 4.34. The van der Waals surface area contributed by atoms with Gasteiger partial charge in [-0.1, -0.05) is 20.8 Å². The maximum absolute atomic E-state index is 4.55. The van der Waals surface area contributed by atoms with Crippen molar-refractivity contribution in [2.75, 3.05) is 19.6 Å². The van der Waals surface area contributed by atoms with Crippen LogP contribution in [0.1, 0.15) is 52.3 Å². The van der Waals surface area contributed by atoms with E-state index in [0.717, 1.165) is 12.6 Å². The Morgan fingerprint density at radius 1 is 1.36 bits per heavy atom. The van der Waals surface area contributed by atoms with Crippen LogP contribution in [0.25, 0.3) is 0 Å². The zero-order valence-corrected chi connectivity index (χ0v) is 14.7. The molecule has 1 atom stereocenters. The zero-order valence-electron chi connectivity index (χ0n) is 14.7. The van der Waals surface area contributed by atoms with Gasteiger partial charge in [0.05, 0.1) is 6.54 Å². The fourth-order valence-corrected chi connectivity index (χ4v) is 3.86. The number of hydrogen-bond acceptors (Lipinski definition) is 3. The molecule has 22 heavy (non-hydrogen) atoms. The molecule has 1 unspecified atom stereocenters. The molecule has 1 aromatic rings. The number of aryl methyl sites for hydroxylation is 1. The Morgan fingerprint density at radius 2 is 2.09 bits per heavy atom. The number of aromatic nitrogens is 2. The Morgan fingerprint density at radius 3 is 2.68 bits per heavy atom. The van der Waals surface area contributed by atoms with Crippen LogP contribution in [0.4, 0.5) is 0 Å². The molecule has 0 bridgehead atoms. The molecule has 1 aliphatic carbocycles. The van der Waals surface area contributed by atoms with Crippen molar-refractivity contribution >= 4 is 0 Å². The maximum Gasteiger partial charge on any atom is 0.122 e. The minimum Gasteiger partial charge on any atom is -0.337 e. The third-order valence-corrected chi connectivity index (χ3v) is 5.60. The molecule has 1 spiro atoms. The molecule has 2 aliphatic rings. The molecule has 0 aromatic carbocycles. The second kappa shape index (κ2) is 5.97. The van der Waals surface area contributed by atoms with Gasteiger partial charge in [0.15, 0.2) is 0 Å². The van der Waals surface area contributed by atoms with Crippen LogP contribution in [0.3, 0.4) is 0 Å². The predicted octanol–water partition coefficient (Wildman–Crippen LogP) is 2.80. The first-order valence-electron chi connectivity index (χ1n) is 8.81. The van der Waals surface area contributed by atoms with Gasteiger partial charge < -0.3 is 9.88 Å². The molecule has 3 rings (SSSR count). The molecule has 4 nitrogen and oxygen atoms in total. The number of nitrogens with zero attached hydrogens (tertiary/aromatic N) is 3. The topological polar surface area (TPSA) is 33.1 Å². The molecule has 1 aliphatic heterocycles. The summed E-state index contributed by atoms with van der Waals surface area (Å²) in [5, 5.41) is 3.52. The summed E-state index contributed by atoms with van der Waals surface area (Å²) in [6, 6.07) is 0.772. The Hall–Kier alpha value is -0.870. The van der Waals surface area contributed by atoms with Gasteiger partial charge in [-0.25, -0.2) is 4.98 Å². The van der Waals surface area contributed by atoms with Crippen LogP contribution in [0.15, 0.2) is 12.4 Å². The highest BCUT2D eigenvalue weighted by molar-refractivity contribution is 5.11. The number of rotatable bonds is 5. The summed E-state index contributed by atoms with van der Waals surface area (Å²) in [4.78, 5) is 7.27. The lowest BCUT2D eigenvalue weighted by Gasteiger charge is -2.31. The molecule has 0 amide bonds. The van der Waals surface area contributed by atoms with Gasteiger partial charge >= 0.3 is 0 Å². The van der Waals surface area contributed by atoms with E-state index in [1.54, 1.807) is 0 Å². The average molecular weight is 304 g/mol. The predicted molar refractivity (Wildman–Crippen MR) is 90.6 cm³/mol. The maximum atomic E-state index is 4.55. The lowest BCUT2D eigenvalue weighted by atomic mass is 9.91. The molecule has 4 heteroatoms. The van der Waals surface area contributed by atoms with Gasteiger partial charge in [-0.2, -0.15) is 0 Å². The smallest absolute Gasteiger partial charge is 0.122 e. The van der Waals surface area contributed by atoms with Crippen molar-refractivity contribution in [2.45, 2.75) is 59.0 Å². The molecular formula is C18H32N4. The van der Waals surface area contributed by atoms with E-state index in [2.05, 4.69) is 53.8 Å². The number of nitrogens with one attached hydrogen (secondary N) is 1. The molecule has 0 radical (unpaired) electrons. The average Bonchev–Trinajstić information content (AvgIpc) is 2.97. The molecule has 2 fully saturated rings. The SMILES string of the molecule is Cn1ccnc1CN(CCC(C)(C)C)C1CC12CCNCC2. The van der Waals surface area contributed by atoms with E-state index in [1.165, 1.54) is 51.1 Å². The quantitative estimate of drug-likeness (QED) is 0.908. The lowest BCUT2D eigenvalue weighted by Crippen LogP contribution is -2.37. The van der Waals surface area contributed by atoms with Crippen LogP contribution in [-0.4, -0.2) is 40.1 Å². The van der Waals surface area contributed by atoms with E-state index in [4.69, 9.17) is 0 Å². The third kappa shape index (κ3) is 3.54. The van der Waals surface area contributed by atoms with Crippen LogP contribution in [0, 0.1) is 10.8 Å². The molecule has 1 aromatic heterocycles. The summed E-state index contributed by atoms with van der Waals surface area (Å²) >= 11 is 0. The monoisotopic (exact) mass is 304 g/mol. The van der Waals surface area contributed by atoms with Crippen molar-refractivity contribution in [2.24, 2.45) is 17.9 Å². The number of hydrogen-bond donors (Lipinski definition) is 1. The molecule has 1 N–H and O–H groups in total. The van der Waals surface area contributed by atoms with Gasteiger partial charge in [-0.15, -0.1) is 0 Å². The molecule has 1 saturated heterocycles. The van der Waals surface area contributed by atoms with Crippen molar-refractivity contribution in [3.8, 4) is 0 Å². The van der Waals surface area contributed by atoms with Gasteiger partial charge in [0.1, 0.15) is 5.82 Å². The minimum absolute atomic E-state index is 0.399. The highest BCUT2D eigenvalue weighted by Crippen LogP contribution is 2.56. The summed E-state index contributed by atoms with van der Waals surface area (Å²) in [7, 11) is 2.11. The standard InChI is InChI=1S/C18H32N4/c1-17(2,3)7-11-22(14-16-20-10-12-21(16)4)15-13-18(15)5-8-19-9-6-18/h10,12,15,19H,5-9,11,13-14H2,1-4H3. The van der Waals surface area contributed by atoms with Gasteiger partial charge in [0.2, 0.25) is 0 Å². The van der Waals surface area contributed by atoms with Crippen molar-refractivity contribution in [1.82, 2.24) is 19.8 Å². The van der Waals surface area contributed by atoms with Gasteiger partial charge in [0, 0.05) is 25.5 Å². The van der Waals surface area contributed by atoms with Crippen LogP contribution in [0.5, 0.6) is 0 Å². The fraction of sp³-hybridized carbons (Fsp3) is 0.833. The van der Waals surface area contributed by atoms with Crippen LogP contribution < -0.4 is 5.32 Å². The van der Waals surface area contributed by atoms with Crippen molar-refractivity contribution in [3.05, 3.63) is 18.2 Å². The first-order valence-corrected chi connectivity index (χ1v) is 8.81. The lowest BCUT2D eigenvalue weighted by molar-refractivity contribution is 0.167. The zero-order chi connectivity index (χ0) is 15.8. The number of imidazole rings is 1. The highest BCUT2D eigenvalue weighted by atomic mass is 15.2. The molecule has 1 saturated carbocycles. The van der Waals surface area contributed by atoms with E-state index in [9.17, 15) is 0 Å². The second-order valence-electron chi connectivity index (χ2n) is 8.57. The Balaban J connectivity index is 1.68. The first kappa shape index (κ1) is 16.0. The number of piperidine rings is 1. The molecular weight excluding hydrogens is 272 g/mol. The van der Waals surface area contributed by atoms with E-state index < -0.39 is 0 Å². The first-order chi connectivity index (χ1) is 10.4. The summed E-state index contributed by atoms with van der Waals surface area (Å²) in [6.45, 7) is 11.6. The minimum atomic E-state index is 0.399. The third-order valence-electron chi connectivity index (χ3n) is 5.60. The molecule has 2 heterocycles.